The molecule has 1 spiro atoms. The van der Waals surface area contributed by atoms with E-state index in [1.807, 2.05) is 14.2 Å². The lowest BCUT2D eigenvalue weighted by atomic mass is 9.43. The lowest BCUT2D eigenvalue weighted by molar-refractivity contribution is -0.276. The highest BCUT2D eigenvalue weighted by Gasteiger charge is 2.83. The van der Waals surface area contributed by atoms with Gasteiger partial charge in [-0.25, -0.2) is 0 Å². The molecule has 30 heavy (non-hydrogen) atoms. The summed E-state index contributed by atoms with van der Waals surface area (Å²) in [6, 6.07) is 0.329. The van der Waals surface area contributed by atoms with Crippen LogP contribution in [0.4, 0.5) is 0 Å². The van der Waals surface area contributed by atoms with Crippen molar-refractivity contribution in [3.63, 3.8) is 0 Å². The van der Waals surface area contributed by atoms with Crippen molar-refractivity contribution in [1.29, 1.82) is 0 Å². The molecule has 170 valence electrons. The molecule has 1 heterocycles. The summed E-state index contributed by atoms with van der Waals surface area (Å²) in [5.74, 6) is 1.03. The Morgan fingerprint density at radius 3 is 2.57 bits per heavy atom. The topological polar surface area (TPSA) is 71.4 Å². The number of piperidine rings is 1. The first kappa shape index (κ1) is 20.4. The van der Waals surface area contributed by atoms with Crippen molar-refractivity contribution in [3.8, 4) is 0 Å². The Bertz CT molecular complexity index is 720. The van der Waals surface area contributed by atoms with Gasteiger partial charge in [-0.05, 0) is 44.1 Å². The lowest BCUT2D eigenvalue weighted by Gasteiger charge is -2.69. The zero-order chi connectivity index (χ0) is 21.1. The van der Waals surface area contributed by atoms with Crippen molar-refractivity contribution in [2.45, 2.75) is 69.0 Å². The molecule has 5 aliphatic carbocycles. The minimum Gasteiger partial charge on any atom is -0.392 e. The number of methoxy groups -OCH3 is 3. The summed E-state index contributed by atoms with van der Waals surface area (Å²) in [6.07, 6.45) is 4.52. The molecule has 6 heteroatoms. The Labute approximate surface area is 180 Å². The number of likely N-dealkylation sites (tertiary alicyclic amines) is 1. The van der Waals surface area contributed by atoms with Gasteiger partial charge in [-0.2, -0.15) is 0 Å². The zero-order valence-corrected chi connectivity index (χ0v) is 18.9. The molecule has 0 radical (unpaired) electrons. The molecule has 0 aromatic heterocycles. The Morgan fingerprint density at radius 1 is 1.10 bits per heavy atom. The fourth-order valence-electron chi connectivity index (χ4n) is 10.7. The van der Waals surface area contributed by atoms with Crippen LogP contribution in [-0.2, 0) is 14.2 Å². The molecule has 7 bridgehead atoms. The van der Waals surface area contributed by atoms with Crippen molar-refractivity contribution >= 4 is 0 Å². The number of hydrogen-bond acceptors (Lipinski definition) is 6. The van der Waals surface area contributed by atoms with Gasteiger partial charge in [0.25, 0.3) is 0 Å². The van der Waals surface area contributed by atoms with E-state index in [9.17, 15) is 10.2 Å². The molecule has 2 N–H and O–H groups in total. The summed E-state index contributed by atoms with van der Waals surface area (Å²) in [4.78, 5) is 2.67. The van der Waals surface area contributed by atoms with Crippen LogP contribution < -0.4 is 0 Å². The Hall–Kier alpha value is -0.240. The minimum absolute atomic E-state index is 0.000283. The fraction of sp³-hybridized carbons (Fsp3) is 1.00. The second kappa shape index (κ2) is 6.42. The second-order valence-electron chi connectivity index (χ2n) is 11.5. The smallest absolute Gasteiger partial charge is 0.0771 e. The molecule has 0 aromatic rings. The van der Waals surface area contributed by atoms with Gasteiger partial charge >= 0.3 is 0 Å². The van der Waals surface area contributed by atoms with Crippen LogP contribution in [-0.4, -0.2) is 86.1 Å². The molecule has 1 aliphatic heterocycles. The molecule has 6 fully saturated rings. The van der Waals surface area contributed by atoms with Crippen molar-refractivity contribution < 1.29 is 24.4 Å². The SMILES string of the molecule is CCN1C[C@]2(COC)CC[C@H](OC)[C@@]34C5C[C@@H]6C(OC)C[C@@](O)(C5[C@H]6O)[C@H](C[C@H]23)[C@@H]14. The first-order chi connectivity index (χ1) is 14.4. The lowest BCUT2D eigenvalue weighted by Crippen LogP contribution is -2.76. The maximum absolute atomic E-state index is 12.4. The molecular weight excluding hydrogens is 382 g/mol. The number of hydrogen-bond donors (Lipinski definition) is 2. The summed E-state index contributed by atoms with van der Waals surface area (Å²) in [6.45, 7) is 5.11. The zero-order valence-electron chi connectivity index (χ0n) is 18.9. The number of ether oxygens (including phenoxy) is 3. The summed E-state index contributed by atoms with van der Waals surface area (Å²) in [5.41, 5.74) is -0.719. The van der Waals surface area contributed by atoms with Crippen LogP contribution in [0.1, 0.15) is 39.0 Å². The maximum atomic E-state index is 12.4. The molecule has 1 saturated heterocycles. The predicted molar refractivity (Wildman–Crippen MR) is 111 cm³/mol. The average Bonchev–Trinajstić information content (AvgIpc) is 3.15. The van der Waals surface area contributed by atoms with Crippen LogP contribution >= 0.6 is 0 Å². The van der Waals surface area contributed by atoms with Crippen LogP contribution in [0.5, 0.6) is 0 Å². The highest BCUT2D eigenvalue weighted by molar-refractivity contribution is 5.33. The van der Waals surface area contributed by atoms with Crippen LogP contribution in [0.25, 0.3) is 0 Å². The number of aliphatic hydroxyl groups is 2. The Morgan fingerprint density at radius 2 is 1.90 bits per heavy atom. The van der Waals surface area contributed by atoms with E-state index >= 15 is 0 Å². The average molecular weight is 422 g/mol. The van der Waals surface area contributed by atoms with Gasteiger partial charge in [-0.3, -0.25) is 4.90 Å². The van der Waals surface area contributed by atoms with E-state index in [2.05, 4.69) is 11.8 Å². The van der Waals surface area contributed by atoms with Crippen LogP contribution in [0.2, 0.25) is 0 Å². The molecule has 12 atom stereocenters. The second-order valence-corrected chi connectivity index (χ2v) is 11.5. The summed E-state index contributed by atoms with van der Waals surface area (Å²) in [5, 5.41) is 23.8. The molecular formula is C24H39NO5. The van der Waals surface area contributed by atoms with E-state index < -0.39 is 11.7 Å². The van der Waals surface area contributed by atoms with Crippen LogP contribution in [0.3, 0.4) is 0 Å². The van der Waals surface area contributed by atoms with E-state index in [4.69, 9.17) is 14.2 Å². The maximum Gasteiger partial charge on any atom is 0.0771 e. The largest absolute Gasteiger partial charge is 0.392 e. The van der Waals surface area contributed by atoms with E-state index in [-0.39, 0.29) is 46.7 Å². The van der Waals surface area contributed by atoms with Gasteiger partial charge in [-0.15, -0.1) is 0 Å². The minimum atomic E-state index is -0.847. The van der Waals surface area contributed by atoms with Crippen molar-refractivity contribution in [2.24, 2.45) is 40.4 Å². The highest BCUT2D eigenvalue weighted by atomic mass is 16.5. The molecule has 0 aromatic carbocycles. The van der Waals surface area contributed by atoms with E-state index in [0.717, 1.165) is 45.4 Å². The highest BCUT2D eigenvalue weighted by Crippen LogP contribution is 2.79. The van der Waals surface area contributed by atoms with Crippen molar-refractivity contribution in [3.05, 3.63) is 0 Å². The van der Waals surface area contributed by atoms with E-state index in [1.165, 1.54) is 0 Å². The van der Waals surface area contributed by atoms with Gasteiger partial charge < -0.3 is 24.4 Å². The van der Waals surface area contributed by atoms with Crippen molar-refractivity contribution in [2.75, 3.05) is 41.0 Å². The summed E-state index contributed by atoms with van der Waals surface area (Å²) < 4.78 is 18.0. The predicted octanol–water partition coefficient (Wildman–Crippen LogP) is 1.53. The first-order valence-electron chi connectivity index (χ1n) is 12.1. The monoisotopic (exact) mass is 421 g/mol. The van der Waals surface area contributed by atoms with Gasteiger partial charge in [0.15, 0.2) is 0 Å². The normalized spacial score (nSPS) is 60.8. The number of rotatable bonds is 5. The van der Waals surface area contributed by atoms with Gasteiger partial charge in [0, 0.05) is 68.9 Å². The van der Waals surface area contributed by atoms with Crippen LogP contribution in [0, 0.1) is 40.4 Å². The molecule has 6 nitrogen and oxygen atoms in total. The van der Waals surface area contributed by atoms with Crippen LogP contribution in [0.15, 0.2) is 0 Å². The summed E-state index contributed by atoms with van der Waals surface area (Å²) >= 11 is 0. The van der Waals surface area contributed by atoms with Gasteiger partial charge in [0.2, 0.25) is 0 Å². The quantitative estimate of drug-likeness (QED) is 0.702. The molecule has 5 saturated carbocycles. The number of nitrogens with zero attached hydrogens (tertiary/aromatic N) is 1. The molecule has 0 amide bonds. The molecule has 6 rings (SSSR count). The summed E-state index contributed by atoms with van der Waals surface area (Å²) in [7, 11) is 5.48. The Balaban J connectivity index is 1.58. The number of aliphatic hydroxyl groups excluding tert-OH is 1. The fourth-order valence-corrected chi connectivity index (χ4v) is 10.7. The molecule has 6 aliphatic rings. The van der Waals surface area contributed by atoms with Crippen molar-refractivity contribution in [1.82, 2.24) is 4.90 Å². The Kier molecular flexibility index (Phi) is 4.36. The first-order valence-corrected chi connectivity index (χ1v) is 12.1. The van der Waals surface area contributed by atoms with E-state index in [1.54, 1.807) is 7.11 Å². The third-order valence-electron chi connectivity index (χ3n) is 11.2. The number of fused-ring (bicyclic) bond motifs is 2. The third-order valence-corrected chi connectivity index (χ3v) is 11.2. The van der Waals surface area contributed by atoms with Gasteiger partial charge in [-0.1, -0.05) is 6.92 Å². The standard InChI is InChI=1S/C24H39NO5/c1-5-25-11-22(12-28-2)7-6-18(30-4)24-14-8-13-16(29-3)10-23(27,19(14)20(13)26)15(21(24)25)9-17(22)24/h13-21,26-27H,5-12H2,1-4H3/t13-,14?,15-,16?,17-,18+,19?,20+,21-,22+,23+,24-/m1/s1. The molecule has 3 unspecified atom stereocenters. The van der Waals surface area contributed by atoms with Gasteiger partial charge in [0.05, 0.1) is 30.5 Å². The van der Waals surface area contributed by atoms with Gasteiger partial charge in [0.1, 0.15) is 0 Å². The van der Waals surface area contributed by atoms with E-state index in [0.29, 0.717) is 18.4 Å². The third kappa shape index (κ3) is 2.00.